The number of hydrogen-bond donors (Lipinski definition) is 1. The van der Waals surface area contributed by atoms with Gasteiger partial charge in [0, 0.05) is 38.3 Å². The lowest BCUT2D eigenvalue weighted by molar-refractivity contribution is 0.0724. The smallest absolute Gasteiger partial charge is 0.185 e. The molecule has 148 valence electrons. The van der Waals surface area contributed by atoms with Crippen molar-refractivity contribution in [3.63, 3.8) is 0 Å². The number of aliphatic hydroxyl groups excluding tert-OH is 1. The van der Waals surface area contributed by atoms with Gasteiger partial charge >= 0.3 is 0 Å². The van der Waals surface area contributed by atoms with Crippen LogP contribution in [0.25, 0.3) is 17.0 Å². The first kappa shape index (κ1) is 18.8. The van der Waals surface area contributed by atoms with Crippen LogP contribution in [0.3, 0.4) is 0 Å². The van der Waals surface area contributed by atoms with E-state index in [0.29, 0.717) is 13.2 Å². The van der Waals surface area contributed by atoms with Gasteiger partial charge < -0.3 is 14.7 Å². The third-order valence-electron chi connectivity index (χ3n) is 5.01. The summed E-state index contributed by atoms with van der Waals surface area (Å²) in [5, 5.41) is 22.2. The highest BCUT2D eigenvalue weighted by Gasteiger charge is 2.19. The Balaban J connectivity index is 1.46. The molecule has 28 heavy (non-hydrogen) atoms. The largest absolute Gasteiger partial charge is 0.394 e. The number of piperazine rings is 1. The van der Waals surface area contributed by atoms with E-state index in [-0.39, 0.29) is 6.61 Å². The summed E-state index contributed by atoms with van der Waals surface area (Å²) in [6.07, 6.45) is 0. The quantitative estimate of drug-likeness (QED) is 0.616. The fourth-order valence-electron chi connectivity index (χ4n) is 3.47. The molecule has 0 aliphatic carbocycles. The zero-order valence-electron chi connectivity index (χ0n) is 16.2. The molecule has 1 saturated heterocycles. The molecule has 4 rings (SSSR count). The number of benzene rings is 1. The van der Waals surface area contributed by atoms with Gasteiger partial charge in [-0.3, -0.25) is 4.90 Å². The van der Waals surface area contributed by atoms with Crippen LogP contribution in [0.5, 0.6) is 0 Å². The minimum atomic E-state index is 0.0789. The van der Waals surface area contributed by atoms with E-state index in [1.54, 1.807) is 0 Å². The Hall–Kier alpha value is -2.55. The van der Waals surface area contributed by atoms with Crippen molar-refractivity contribution in [2.75, 3.05) is 57.4 Å². The van der Waals surface area contributed by atoms with Crippen molar-refractivity contribution in [2.45, 2.75) is 6.92 Å². The highest BCUT2D eigenvalue weighted by Crippen LogP contribution is 2.21. The second kappa shape index (κ2) is 8.64. The zero-order valence-corrected chi connectivity index (χ0v) is 16.2. The van der Waals surface area contributed by atoms with Crippen molar-refractivity contribution in [3.05, 3.63) is 42.0 Å². The number of aliphatic hydroxyl groups is 1. The van der Waals surface area contributed by atoms with Crippen LogP contribution >= 0.6 is 0 Å². The first-order valence-corrected chi connectivity index (χ1v) is 9.70. The Kier molecular flexibility index (Phi) is 5.80. The van der Waals surface area contributed by atoms with E-state index in [9.17, 15) is 0 Å². The topological polar surface area (TPSA) is 79.0 Å². The maximum atomic E-state index is 8.77. The van der Waals surface area contributed by atoms with Gasteiger partial charge in [0.2, 0.25) is 0 Å². The van der Waals surface area contributed by atoms with Crippen LogP contribution in [0.15, 0.2) is 36.4 Å². The Morgan fingerprint density at radius 2 is 1.89 bits per heavy atom. The van der Waals surface area contributed by atoms with Crippen LogP contribution < -0.4 is 4.90 Å². The van der Waals surface area contributed by atoms with Gasteiger partial charge in [-0.2, -0.15) is 4.52 Å². The predicted molar refractivity (Wildman–Crippen MR) is 108 cm³/mol. The third-order valence-corrected chi connectivity index (χ3v) is 5.01. The Morgan fingerprint density at radius 3 is 2.68 bits per heavy atom. The molecule has 1 aliphatic heterocycles. The first-order valence-electron chi connectivity index (χ1n) is 9.70. The SMILES string of the molecule is Cc1cccc(-c2nnc3ccc(N4CCN(CCOCCO)CC4)nn23)c1. The number of fused-ring (bicyclic) bond motifs is 1. The summed E-state index contributed by atoms with van der Waals surface area (Å²) in [5.74, 6) is 1.71. The first-order chi connectivity index (χ1) is 13.7. The van der Waals surface area contributed by atoms with E-state index in [2.05, 4.69) is 39.1 Å². The number of aryl methyl sites for hydroxylation is 1. The average molecular weight is 382 g/mol. The highest BCUT2D eigenvalue weighted by atomic mass is 16.5. The minimum Gasteiger partial charge on any atom is -0.394 e. The standard InChI is InChI=1S/C20H26N6O2/c1-16-3-2-4-17(15-16)20-22-21-18-5-6-19(23-26(18)20)25-9-7-24(8-10-25)11-13-28-14-12-27/h2-6,15,27H,7-14H2,1H3. The normalized spacial score (nSPS) is 15.4. The van der Waals surface area contributed by atoms with Crippen LogP contribution in [0.4, 0.5) is 5.82 Å². The van der Waals surface area contributed by atoms with Gasteiger partial charge in [-0.15, -0.1) is 15.3 Å². The summed E-state index contributed by atoms with van der Waals surface area (Å²) in [6, 6.07) is 12.2. The van der Waals surface area contributed by atoms with E-state index in [1.165, 1.54) is 5.56 Å². The predicted octanol–water partition coefficient (Wildman–Crippen LogP) is 1.23. The summed E-state index contributed by atoms with van der Waals surface area (Å²) in [5.41, 5.74) is 2.95. The molecule has 3 aromatic rings. The molecule has 1 aliphatic rings. The number of rotatable bonds is 7. The van der Waals surface area contributed by atoms with E-state index in [1.807, 2.05) is 28.8 Å². The van der Waals surface area contributed by atoms with Crippen LogP contribution in [-0.2, 0) is 4.74 Å². The van der Waals surface area contributed by atoms with E-state index < -0.39 is 0 Å². The maximum absolute atomic E-state index is 8.77. The fraction of sp³-hybridized carbons (Fsp3) is 0.450. The van der Waals surface area contributed by atoms with E-state index >= 15 is 0 Å². The molecule has 0 bridgehead atoms. The van der Waals surface area contributed by atoms with Crippen LogP contribution in [-0.4, -0.2) is 82.4 Å². The summed E-state index contributed by atoms with van der Waals surface area (Å²) in [6.45, 7) is 7.88. The van der Waals surface area contributed by atoms with Gasteiger partial charge in [-0.05, 0) is 25.1 Å². The van der Waals surface area contributed by atoms with Gasteiger partial charge in [-0.1, -0.05) is 23.8 Å². The molecule has 0 saturated carbocycles. The molecule has 0 unspecified atom stereocenters. The number of ether oxygens (including phenoxy) is 1. The van der Waals surface area contributed by atoms with Gasteiger partial charge in [0.05, 0.1) is 19.8 Å². The lowest BCUT2D eigenvalue weighted by Gasteiger charge is -2.35. The third kappa shape index (κ3) is 4.14. The lowest BCUT2D eigenvalue weighted by Crippen LogP contribution is -2.47. The molecule has 8 nitrogen and oxygen atoms in total. The number of nitrogens with zero attached hydrogens (tertiary/aromatic N) is 6. The Bertz CT molecular complexity index is 920. The molecule has 1 N–H and O–H groups in total. The van der Waals surface area contributed by atoms with Crippen molar-refractivity contribution in [2.24, 2.45) is 0 Å². The van der Waals surface area contributed by atoms with E-state index in [0.717, 1.165) is 55.6 Å². The van der Waals surface area contributed by atoms with Gasteiger partial charge in [0.1, 0.15) is 5.82 Å². The van der Waals surface area contributed by atoms with Crippen molar-refractivity contribution in [1.29, 1.82) is 0 Å². The monoisotopic (exact) mass is 382 g/mol. The summed E-state index contributed by atoms with van der Waals surface area (Å²) in [7, 11) is 0. The summed E-state index contributed by atoms with van der Waals surface area (Å²) in [4.78, 5) is 4.67. The molecule has 8 heteroatoms. The van der Waals surface area contributed by atoms with Gasteiger partial charge in [0.25, 0.3) is 0 Å². The Morgan fingerprint density at radius 1 is 1.04 bits per heavy atom. The molecule has 2 aromatic heterocycles. The molecule has 3 heterocycles. The molecule has 0 spiro atoms. The molecule has 0 atom stereocenters. The molecule has 1 fully saturated rings. The highest BCUT2D eigenvalue weighted by molar-refractivity contribution is 5.60. The van der Waals surface area contributed by atoms with Crippen LogP contribution in [0.2, 0.25) is 0 Å². The van der Waals surface area contributed by atoms with Gasteiger partial charge in [-0.25, -0.2) is 0 Å². The molecule has 1 aromatic carbocycles. The van der Waals surface area contributed by atoms with Crippen LogP contribution in [0.1, 0.15) is 5.56 Å². The van der Waals surface area contributed by atoms with Crippen molar-refractivity contribution in [3.8, 4) is 11.4 Å². The minimum absolute atomic E-state index is 0.0789. The average Bonchev–Trinajstić information content (AvgIpc) is 3.15. The molecular formula is C20H26N6O2. The van der Waals surface area contributed by atoms with Crippen molar-refractivity contribution >= 4 is 11.5 Å². The molecule has 0 radical (unpaired) electrons. The second-order valence-electron chi connectivity index (χ2n) is 7.02. The number of aromatic nitrogens is 4. The molecule has 0 amide bonds. The summed E-state index contributed by atoms with van der Waals surface area (Å²) >= 11 is 0. The van der Waals surface area contributed by atoms with Gasteiger partial charge in [0.15, 0.2) is 11.5 Å². The number of anilines is 1. The lowest BCUT2D eigenvalue weighted by atomic mass is 10.1. The summed E-state index contributed by atoms with van der Waals surface area (Å²) < 4.78 is 7.20. The van der Waals surface area contributed by atoms with Crippen molar-refractivity contribution < 1.29 is 9.84 Å². The number of hydrogen-bond acceptors (Lipinski definition) is 7. The fourth-order valence-corrected chi connectivity index (χ4v) is 3.47. The van der Waals surface area contributed by atoms with E-state index in [4.69, 9.17) is 14.9 Å². The maximum Gasteiger partial charge on any atom is 0.185 e. The Labute approximate surface area is 164 Å². The van der Waals surface area contributed by atoms with Crippen molar-refractivity contribution in [1.82, 2.24) is 24.7 Å². The van der Waals surface area contributed by atoms with Crippen LogP contribution in [0, 0.1) is 6.92 Å². The second-order valence-corrected chi connectivity index (χ2v) is 7.02. The zero-order chi connectivity index (χ0) is 19.3. The molecular weight excluding hydrogens is 356 g/mol.